The van der Waals surface area contributed by atoms with Crippen LogP contribution in [-0.2, 0) is 5.88 Å². The van der Waals surface area contributed by atoms with Crippen LogP contribution in [0.25, 0.3) is 0 Å². The Hall–Kier alpha value is -1.37. The molecule has 0 radical (unpaired) electrons. The van der Waals surface area contributed by atoms with E-state index in [1.165, 1.54) is 7.11 Å². The molecule has 0 amide bonds. The average Bonchev–Trinajstić information content (AvgIpc) is 2.14. The normalized spacial score (nSPS) is 11.3. The van der Waals surface area contributed by atoms with Gasteiger partial charge >= 0.3 is 6.36 Å². The lowest BCUT2D eigenvalue weighted by molar-refractivity contribution is -0.276. The minimum atomic E-state index is -4.91. The number of nitrogens with one attached hydrogen (secondary N) is 1. The van der Waals surface area contributed by atoms with Crippen molar-refractivity contribution < 1.29 is 22.6 Å². The fraction of sp³-hybridized carbons (Fsp3) is 0.375. The predicted molar refractivity (Wildman–Crippen MR) is 49.9 cm³/mol. The molecule has 0 aliphatic rings. The van der Waals surface area contributed by atoms with E-state index in [-0.39, 0.29) is 17.2 Å². The standard InChI is InChI=1S/C8H7ClF3NO3/c1-15-5-2-6(14)13-7(4(5)3-9)16-8(10,11)12/h2H,3H2,1H3,(H,13,14). The van der Waals surface area contributed by atoms with Crippen LogP contribution in [0.4, 0.5) is 13.2 Å². The lowest BCUT2D eigenvalue weighted by Gasteiger charge is -2.13. The number of H-pyrrole nitrogens is 1. The number of ether oxygens (including phenoxy) is 2. The van der Waals surface area contributed by atoms with Gasteiger partial charge in [-0.05, 0) is 0 Å². The van der Waals surface area contributed by atoms with Gasteiger partial charge in [0, 0.05) is 6.07 Å². The third-order valence-corrected chi connectivity index (χ3v) is 1.91. The SMILES string of the molecule is COc1cc(=O)[nH]c(OC(F)(F)F)c1CCl. The molecule has 90 valence electrons. The molecule has 0 atom stereocenters. The fourth-order valence-electron chi connectivity index (χ4n) is 1.05. The molecule has 0 aromatic carbocycles. The van der Waals surface area contributed by atoms with E-state index in [0.717, 1.165) is 6.07 Å². The Morgan fingerprint density at radius 1 is 1.50 bits per heavy atom. The van der Waals surface area contributed by atoms with E-state index in [4.69, 9.17) is 16.3 Å². The zero-order chi connectivity index (χ0) is 12.3. The molecule has 1 N–H and O–H groups in total. The summed E-state index contributed by atoms with van der Waals surface area (Å²) in [4.78, 5) is 12.9. The average molecular weight is 258 g/mol. The second-order valence-electron chi connectivity index (χ2n) is 2.69. The van der Waals surface area contributed by atoms with Crippen molar-refractivity contribution in [3.05, 3.63) is 22.0 Å². The van der Waals surface area contributed by atoms with Crippen LogP contribution >= 0.6 is 11.6 Å². The topological polar surface area (TPSA) is 51.3 Å². The maximum atomic E-state index is 12.0. The van der Waals surface area contributed by atoms with Gasteiger partial charge < -0.3 is 9.47 Å². The highest BCUT2D eigenvalue weighted by Gasteiger charge is 2.33. The third-order valence-electron chi connectivity index (χ3n) is 1.64. The van der Waals surface area contributed by atoms with Gasteiger partial charge in [0.1, 0.15) is 5.75 Å². The Labute approximate surface area is 92.9 Å². The monoisotopic (exact) mass is 257 g/mol. The number of hydrogen-bond donors (Lipinski definition) is 1. The Bertz CT molecular complexity index is 430. The van der Waals surface area contributed by atoms with Crippen LogP contribution < -0.4 is 15.0 Å². The van der Waals surface area contributed by atoms with E-state index < -0.39 is 17.8 Å². The number of rotatable bonds is 3. The van der Waals surface area contributed by atoms with E-state index >= 15 is 0 Å². The van der Waals surface area contributed by atoms with Crippen molar-refractivity contribution in [3.8, 4) is 11.6 Å². The predicted octanol–water partition coefficient (Wildman–Crippen LogP) is 2.02. The quantitative estimate of drug-likeness (QED) is 0.843. The molecule has 8 heteroatoms. The van der Waals surface area contributed by atoms with Crippen LogP contribution in [0.5, 0.6) is 11.6 Å². The highest BCUT2D eigenvalue weighted by atomic mass is 35.5. The molecule has 0 unspecified atom stereocenters. The van der Waals surface area contributed by atoms with Gasteiger partial charge in [-0.25, -0.2) is 0 Å². The van der Waals surface area contributed by atoms with Crippen molar-refractivity contribution in [2.24, 2.45) is 0 Å². The van der Waals surface area contributed by atoms with Gasteiger partial charge in [0.2, 0.25) is 5.88 Å². The van der Waals surface area contributed by atoms with E-state index in [9.17, 15) is 18.0 Å². The number of methoxy groups -OCH3 is 1. The van der Waals surface area contributed by atoms with Gasteiger partial charge in [-0.2, -0.15) is 0 Å². The molecule has 1 aromatic rings. The van der Waals surface area contributed by atoms with E-state index in [2.05, 4.69) is 4.74 Å². The lowest BCUT2D eigenvalue weighted by atomic mass is 10.3. The van der Waals surface area contributed by atoms with Crippen LogP contribution in [0, 0.1) is 0 Å². The zero-order valence-electron chi connectivity index (χ0n) is 8.02. The Morgan fingerprint density at radius 2 is 2.12 bits per heavy atom. The summed E-state index contributed by atoms with van der Waals surface area (Å²) in [5.41, 5.74) is -0.842. The molecule has 0 aliphatic carbocycles. The van der Waals surface area contributed by atoms with E-state index in [1.54, 1.807) is 0 Å². The molecule has 4 nitrogen and oxygen atoms in total. The van der Waals surface area contributed by atoms with Crippen LogP contribution in [0.2, 0.25) is 0 Å². The molecule has 0 saturated carbocycles. The molecule has 16 heavy (non-hydrogen) atoms. The molecule has 0 bridgehead atoms. The number of aromatic amines is 1. The summed E-state index contributed by atoms with van der Waals surface area (Å²) in [7, 11) is 1.21. The number of alkyl halides is 4. The van der Waals surface area contributed by atoms with Crippen molar-refractivity contribution in [2.75, 3.05) is 7.11 Å². The first-order valence-corrected chi connectivity index (χ1v) is 4.52. The number of hydrogen-bond acceptors (Lipinski definition) is 3. The summed E-state index contributed by atoms with van der Waals surface area (Å²) in [5, 5.41) is 0. The molecule has 0 saturated heterocycles. The van der Waals surface area contributed by atoms with Crippen LogP contribution in [-0.4, -0.2) is 18.5 Å². The summed E-state index contributed by atoms with van der Waals surface area (Å²) in [6.07, 6.45) is -4.91. The largest absolute Gasteiger partial charge is 0.574 e. The first kappa shape index (κ1) is 12.7. The maximum Gasteiger partial charge on any atom is 0.574 e. The minimum absolute atomic E-state index is 0.0574. The number of pyridine rings is 1. The summed E-state index contributed by atoms with van der Waals surface area (Å²) in [6, 6.07) is 0.987. The fourth-order valence-corrected chi connectivity index (χ4v) is 1.31. The van der Waals surface area contributed by atoms with Gasteiger partial charge in [-0.15, -0.1) is 24.8 Å². The van der Waals surface area contributed by atoms with Crippen LogP contribution in [0.15, 0.2) is 10.9 Å². The van der Waals surface area contributed by atoms with E-state index in [1.807, 2.05) is 4.98 Å². The smallest absolute Gasteiger partial charge is 0.496 e. The van der Waals surface area contributed by atoms with Gasteiger partial charge in [0.15, 0.2) is 0 Å². The van der Waals surface area contributed by atoms with Crippen LogP contribution in [0.1, 0.15) is 5.56 Å². The second-order valence-corrected chi connectivity index (χ2v) is 2.96. The summed E-state index contributed by atoms with van der Waals surface area (Å²) >= 11 is 5.45. The zero-order valence-corrected chi connectivity index (χ0v) is 8.78. The lowest BCUT2D eigenvalue weighted by Crippen LogP contribution is -2.21. The van der Waals surface area contributed by atoms with E-state index in [0.29, 0.717) is 0 Å². The minimum Gasteiger partial charge on any atom is -0.496 e. The van der Waals surface area contributed by atoms with Crippen molar-refractivity contribution in [1.82, 2.24) is 4.98 Å². The summed E-state index contributed by atoms with van der Waals surface area (Å²) in [6.45, 7) is 0. The number of halogens is 4. The van der Waals surface area contributed by atoms with Crippen molar-refractivity contribution >= 4 is 11.6 Å². The molecular weight excluding hydrogens is 251 g/mol. The highest BCUT2D eigenvalue weighted by Crippen LogP contribution is 2.30. The first-order valence-electron chi connectivity index (χ1n) is 3.99. The third kappa shape index (κ3) is 3.06. The molecule has 0 spiro atoms. The number of aromatic nitrogens is 1. The van der Waals surface area contributed by atoms with Gasteiger partial charge in [0.25, 0.3) is 5.56 Å². The molecule has 1 rings (SSSR count). The summed E-state index contributed by atoms with van der Waals surface area (Å²) in [5.74, 6) is -1.10. The van der Waals surface area contributed by atoms with Crippen LogP contribution in [0.3, 0.4) is 0 Å². The Balaban J connectivity index is 3.26. The van der Waals surface area contributed by atoms with Crippen molar-refractivity contribution in [2.45, 2.75) is 12.2 Å². The molecule has 1 aromatic heterocycles. The Morgan fingerprint density at radius 3 is 2.56 bits per heavy atom. The Kier molecular flexibility index (Phi) is 3.69. The summed E-state index contributed by atoms with van der Waals surface area (Å²) < 4.78 is 44.3. The maximum absolute atomic E-state index is 12.0. The second kappa shape index (κ2) is 4.65. The first-order chi connectivity index (χ1) is 7.37. The van der Waals surface area contributed by atoms with Gasteiger partial charge in [0.05, 0.1) is 18.6 Å². The molecule has 1 heterocycles. The molecular formula is C8H7ClF3NO3. The molecule has 0 aliphatic heterocycles. The van der Waals surface area contributed by atoms with Crippen molar-refractivity contribution in [3.63, 3.8) is 0 Å². The van der Waals surface area contributed by atoms with Crippen molar-refractivity contribution in [1.29, 1.82) is 0 Å². The van der Waals surface area contributed by atoms with Gasteiger partial charge in [-0.3, -0.25) is 9.78 Å². The highest BCUT2D eigenvalue weighted by molar-refractivity contribution is 6.17. The molecule has 0 fully saturated rings. The van der Waals surface area contributed by atoms with Gasteiger partial charge in [-0.1, -0.05) is 0 Å².